The molecule has 0 radical (unpaired) electrons. The Morgan fingerprint density at radius 3 is 2.08 bits per heavy atom. The van der Waals surface area contributed by atoms with Gasteiger partial charge in [-0.3, -0.25) is 0 Å². The number of esters is 1. The van der Waals surface area contributed by atoms with Crippen molar-refractivity contribution in [1.82, 2.24) is 19.7 Å². The molecule has 3 aliphatic rings. The monoisotopic (exact) mass is 712 g/mol. The lowest BCUT2D eigenvalue weighted by atomic mass is 9.76. The van der Waals surface area contributed by atoms with Gasteiger partial charge in [-0.05, 0) is 109 Å². The highest BCUT2D eigenvalue weighted by Gasteiger charge is 2.53. The number of hydrogen-bond donors (Lipinski definition) is 2. The average molecular weight is 713 g/mol. The lowest BCUT2D eigenvalue weighted by Crippen LogP contribution is -2.38. The Morgan fingerprint density at radius 1 is 0.811 bits per heavy atom. The van der Waals surface area contributed by atoms with Gasteiger partial charge in [-0.2, -0.15) is 0 Å². The van der Waals surface area contributed by atoms with Gasteiger partial charge in [0.15, 0.2) is 5.60 Å². The summed E-state index contributed by atoms with van der Waals surface area (Å²) in [6.45, 7) is 7.10. The van der Waals surface area contributed by atoms with Crippen molar-refractivity contribution < 1.29 is 19.1 Å². The quantitative estimate of drug-likeness (QED) is 0.112. The Balaban J connectivity index is 1.03. The van der Waals surface area contributed by atoms with Crippen LogP contribution in [0.2, 0.25) is 6.82 Å². The average Bonchev–Trinajstić information content (AvgIpc) is 3.75. The van der Waals surface area contributed by atoms with E-state index in [2.05, 4.69) is 83.8 Å². The molecule has 2 aliphatic carbocycles. The second-order valence-corrected chi connectivity index (χ2v) is 15.7. The van der Waals surface area contributed by atoms with Gasteiger partial charge in [0.1, 0.15) is 6.61 Å². The third kappa shape index (κ3) is 6.25. The van der Waals surface area contributed by atoms with Crippen LogP contribution in [-0.2, 0) is 21.6 Å². The normalized spacial score (nSPS) is 24.3. The van der Waals surface area contributed by atoms with E-state index in [1.165, 1.54) is 44.9 Å². The van der Waals surface area contributed by atoms with Crippen molar-refractivity contribution in [1.29, 1.82) is 0 Å². The molecule has 276 valence electrons. The lowest BCUT2D eigenvalue weighted by Gasteiger charge is -2.34. The number of aromatic nitrogens is 2. The van der Waals surface area contributed by atoms with E-state index in [-0.39, 0.29) is 24.7 Å². The highest BCUT2D eigenvalue weighted by Crippen LogP contribution is 2.53. The van der Waals surface area contributed by atoms with Gasteiger partial charge in [-0.15, -0.1) is 0 Å². The van der Waals surface area contributed by atoms with Crippen LogP contribution >= 0.6 is 0 Å². The fourth-order valence-electron chi connectivity index (χ4n) is 10.3. The Bertz CT molecular complexity index is 2140. The number of para-hydroxylation sites is 2. The number of alkyl carbamates (subject to hydrolysis) is 1. The van der Waals surface area contributed by atoms with Gasteiger partial charge in [0, 0.05) is 62.0 Å². The number of carbonyl (C=O) groups is 2. The van der Waals surface area contributed by atoms with Crippen LogP contribution in [0.15, 0.2) is 72.8 Å². The Morgan fingerprint density at radius 2 is 1.40 bits per heavy atom. The molecule has 2 fully saturated rings. The zero-order valence-electron chi connectivity index (χ0n) is 31.8. The van der Waals surface area contributed by atoms with Crippen molar-refractivity contribution in [3.63, 3.8) is 0 Å². The molecule has 2 saturated carbocycles. The molecule has 8 nitrogen and oxygen atoms in total. The Kier molecular flexibility index (Phi) is 9.88. The van der Waals surface area contributed by atoms with E-state index in [9.17, 15) is 9.59 Å². The van der Waals surface area contributed by atoms with Crippen molar-refractivity contribution >= 4 is 41.3 Å². The molecule has 9 heteroatoms. The van der Waals surface area contributed by atoms with Crippen LogP contribution in [0, 0.1) is 25.7 Å². The summed E-state index contributed by atoms with van der Waals surface area (Å²) in [7, 11) is 2.88. The lowest BCUT2D eigenvalue weighted by molar-refractivity contribution is 0.0255. The summed E-state index contributed by atoms with van der Waals surface area (Å²) < 4.78 is 17.2. The third-order valence-electron chi connectivity index (χ3n) is 12.9. The predicted molar refractivity (Wildman–Crippen MR) is 213 cm³/mol. The van der Waals surface area contributed by atoms with E-state index in [0.717, 1.165) is 82.0 Å². The maximum absolute atomic E-state index is 13.8. The molecule has 5 aromatic rings. The number of benzene rings is 3. The first-order valence-corrected chi connectivity index (χ1v) is 19.9. The smallest absolute Gasteiger partial charge is 0.407 e. The van der Waals surface area contributed by atoms with E-state index >= 15 is 0 Å². The van der Waals surface area contributed by atoms with Gasteiger partial charge in [0.2, 0.25) is 7.41 Å². The number of nitrogens with zero attached hydrogens (tertiary/aromatic N) is 2. The van der Waals surface area contributed by atoms with Crippen LogP contribution in [0.25, 0.3) is 21.8 Å². The maximum Gasteiger partial charge on any atom is 0.407 e. The first-order chi connectivity index (χ1) is 25.8. The zero-order valence-corrected chi connectivity index (χ0v) is 31.8. The molecule has 53 heavy (non-hydrogen) atoms. The molecule has 1 unspecified atom stereocenters. The summed E-state index contributed by atoms with van der Waals surface area (Å²) in [6.07, 6.45) is 10.7. The second kappa shape index (κ2) is 14.7. The summed E-state index contributed by atoms with van der Waals surface area (Å²) in [5.41, 5.74) is 6.38. The molecule has 3 heterocycles. The van der Waals surface area contributed by atoms with E-state index < -0.39 is 5.60 Å². The molecule has 2 N–H and O–H groups in total. The van der Waals surface area contributed by atoms with Crippen molar-refractivity contribution in [3.05, 3.63) is 106 Å². The molecule has 8 rings (SSSR count). The van der Waals surface area contributed by atoms with Gasteiger partial charge in [0.05, 0.1) is 12.1 Å². The summed E-state index contributed by atoms with van der Waals surface area (Å²) in [5, 5.41) is 8.71. The third-order valence-corrected chi connectivity index (χ3v) is 12.9. The van der Waals surface area contributed by atoms with Crippen molar-refractivity contribution in [2.24, 2.45) is 11.8 Å². The number of ether oxygens (including phenoxy) is 2. The van der Waals surface area contributed by atoms with E-state index in [1.807, 2.05) is 36.4 Å². The molecular formula is C44H53BN4O4. The van der Waals surface area contributed by atoms with Crippen molar-refractivity contribution in [3.8, 4) is 0 Å². The number of hydrogen-bond acceptors (Lipinski definition) is 5. The first kappa shape index (κ1) is 35.5. The molecule has 1 aliphatic heterocycles. The molecule has 0 saturated heterocycles. The maximum atomic E-state index is 13.8. The van der Waals surface area contributed by atoms with Crippen LogP contribution in [0.5, 0.6) is 0 Å². The summed E-state index contributed by atoms with van der Waals surface area (Å²) >= 11 is 0. The summed E-state index contributed by atoms with van der Waals surface area (Å²) in [6, 6.07) is 25.4. The van der Waals surface area contributed by atoms with Crippen LogP contribution in [0.3, 0.4) is 0 Å². The minimum atomic E-state index is -1.17. The number of nitrogens with one attached hydrogen (secondary N) is 2. The largest absolute Gasteiger partial charge is 0.448 e. The SMILES string of the molecule is CBn1c(C)c(C2(c3c(C)n(CCOC(=O)NC4CCC(CC5CCC(NC)CC5)CC4)c4ccccc34)OC(=O)c3ccccc32)c2ccccc21. The van der Waals surface area contributed by atoms with Crippen LogP contribution in [0.1, 0.15) is 96.2 Å². The summed E-state index contributed by atoms with van der Waals surface area (Å²) in [4.78, 5) is 27.0. The topological polar surface area (TPSA) is 86.5 Å². The van der Waals surface area contributed by atoms with Gasteiger partial charge in [-0.1, -0.05) is 61.4 Å². The molecule has 3 aromatic carbocycles. The fourth-order valence-corrected chi connectivity index (χ4v) is 10.3. The molecule has 1 atom stereocenters. The Labute approximate surface area is 313 Å². The molecule has 0 bridgehead atoms. The predicted octanol–water partition coefficient (Wildman–Crippen LogP) is 8.38. The standard InChI is InChI=1S/C44H53BN4O4/c1-28-40(44(37-14-8-5-11-34(37)42(50)53-44)41-29(2)49(45-3)39-16-10-7-13-36(39)41)35-12-6-9-15-38(35)48(28)25-26-52-43(51)47-33-23-19-31(20-24-33)27-30-17-21-32(46-4)22-18-30/h5-16,30-33,45-46H,17-27H2,1-4H3,(H,47,51). The molecular weight excluding hydrogens is 659 g/mol. The summed E-state index contributed by atoms with van der Waals surface area (Å²) in [5.74, 6) is 1.31. The number of amides is 1. The highest BCUT2D eigenvalue weighted by atomic mass is 16.6. The van der Waals surface area contributed by atoms with Crippen LogP contribution in [0.4, 0.5) is 4.79 Å². The van der Waals surface area contributed by atoms with Crippen molar-refractivity contribution in [2.45, 2.75) is 103 Å². The van der Waals surface area contributed by atoms with Crippen LogP contribution in [-0.4, -0.2) is 54.3 Å². The van der Waals surface area contributed by atoms with Crippen molar-refractivity contribution in [2.75, 3.05) is 13.7 Å². The number of cyclic esters (lactones) is 1. The minimum Gasteiger partial charge on any atom is -0.448 e. The second-order valence-electron chi connectivity index (χ2n) is 15.7. The molecule has 2 aromatic heterocycles. The minimum absolute atomic E-state index is 0.171. The van der Waals surface area contributed by atoms with Gasteiger partial charge < -0.3 is 29.2 Å². The first-order valence-electron chi connectivity index (χ1n) is 19.9. The Hall–Kier alpha value is -4.50. The van der Waals surface area contributed by atoms with Gasteiger partial charge in [0.25, 0.3) is 0 Å². The number of fused-ring (bicyclic) bond motifs is 3. The van der Waals surface area contributed by atoms with E-state index in [1.54, 1.807) is 0 Å². The zero-order chi connectivity index (χ0) is 36.7. The van der Waals surface area contributed by atoms with E-state index in [0.29, 0.717) is 18.2 Å². The molecule has 1 amide bonds. The molecule has 0 spiro atoms. The van der Waals surface area contributed by atoms with E-state index in [4.69, 9.17) is 9.47 Å². The number of carbonyl (C=O) groups excluding carboxylic acids is 2. The van der Waals surface area contributed by atoms with Gasteiger partial charge in [-0.25, -0.2) is 9.59 Å². The fraction of sp³-hybridized carbons (Fsp3) is 0.455. The van der Waals surface area contributed by atoms with Crippen LogP contribution < -0.4 is 10.6 Å². The van der Waals surface area contributed by atoms with Gasteiger partial charge >= 0.3 is 12.1 Å². The number of rotatable bonds is 10. The highest BCUT2D eigenvalue weighted by molar-refractivity contribution is 6.34.